The smallest absolute Gasteiger partial charge is 0.282 e. The van der Waals surface area contributed by atoms with Gasteiger partial charge in [-0.2, -0.15) is 0 Å². The van der Waals surface area contributed by atoms with E-state index in [2.05, 4.69) is 5.32 Å². The minimum Gasteiger partial charge on any atom is -0.494 e. The molecule has 1 aliphatic rings. The fourth-order valence-corrected chi connectivity index (χ4v) is 3.91. The topological polar surface area (TPSA) is 58.6 Å². The molecule has 0 spiro atoms. The first-order chi connectivity index (χ1) is 15.9. The van der Waals surface area contributed by atoms with E-state index in [1.165, 1.54) is 4.90 Å². The van der Waals surface area contributed by atoms with E-state index in [0.29, 0.717) is 23.4 Å². The second-order valence-electron chi connectivity index (χ2n) is 8.35. The van der Waals surface area contributed by atoms with Crippen LogP contribution < -0.4 is 15.0 Å². The third kappa shape index (κ3) is 4.53. The highest BCUT2D eigenvalue weighted by atomic mass is 16.5. The Balaban J connectivity index is 1.77. The Morgan fingerprint density at radius 1 is 0.818 bits per heavy atom. The first-order valence-electron chi connectivity index (χ1n) is 11.2. The highest BCUT2D eigenvalue weighted by Gasteiger charge is 2.40. The number of aryl methyl sites for hydroxylation is 3. The Bertz CT molecular complexity index is 1230. The summed E-state index contributed by atoms with van der Waals surface area (Å²) >= 11 is 0. The third-order valence-electron chi connectivity index (χ3n) is 5.61. The van der Waals surface area contributed by atoms with Gasteiger partial charge in [0.15, 0.2) is 0 Å². The summed E-state index contributed by atoms with van der Waals surface area (Å²) in [5, 5.41) is 3.21. The van der Waals surface area contributed by atoms with Crippen LogP contribution in [0.15, 0.2) is 72.4 Å². The second-order valence-corrected chi connectivity index (χ2v) is 8.35. The summed E-state index contributed by atoms with van der Waals surface area (Å²) in [6, 6.07) is 20.8. The van der Waals surface area contributed by atoms with Crippen molar-refractivity contribution in [1.82, 2.24) is 0 Å². The summed E-state index contributed by atoms with van der Waals surface area (Å²) in [4.78, 5) is 28.5. The minimum absolute atomic E-state index is 0.269. The number of benzene rings is 3. The van der Waals surface area contributed by atoms with Gasteiger partial charge in [0.05, 0.1) is 17.9 Å². The Kier molecular flexibility index (Phi) is 6.31. The van der Waals surface area contributed by atoms with Gasteiger partial charge in [-0.1, -0.05) is 54.4 Å². The number of anilines is 2. The maximum Gasteiger partial charge on any atom is 0.282 e. The number of ether oxygens (including phenoxy) is 1. The summed E-state index contributed by atoms with van der Waals surface area (Å²) in [5.41, 5.74) is 5.69. The van der Waals surface area contributed by atoms with Crippen molar-refractivity contribution in [3.05, 3.63) is 94.7 Å². The fourth-order valence-electron chi connectivity index (χ4n) is 3.91. The molecule has 0 radical (unpaired) electrons. The molecule has 0 fully saturated rings. The molecule has 0 saturated carbocycles. The summed E-state index contributed by atoms with van der Waals surface area (Å²) in [6.07, 6.45) is 0.912. The number of carbonyl (C=O) groups is 2. The average molecular weight is 441 g/mol. The number of hydrogen-bond acceptors (Lipinski definition) is 4. The van der Waals surface area contributed by atoms with Gasteiger partial charge >= 0.3 is 0 Å². The summed E-state index contributed by atoms with van der Waals surface area (Å²) in [5.74, 6) is 0.0230. The van der Waals surface area contributed by atoms with Crippen LogP contribution >= 0.6 is 0 Å². The van der Waals surface area contributed by atoms with E-state index in [1.54, 1.807) is 0 Å². The molecule has 0 unspecified atom stereocenters. The molecule has 0 aromatic heterocycles. The number of hydrogen-bond donors (Lipinski definition) is 1. The van der Waals surface area contributed by atoms with Crippen molar-refractivity contribution in [3.63, 3.8) is 0 Å². The van der Waals surface area contributed by atoms with Gasteiger partial charge in [0, 0.05) is 5.69 Å². The van der Waals surface area contributed by atoms with Crippen LogP contribution in [-0.2, 0) is 9.59 Å². The van der Waals surface area contributed by atoms with Gasteiger partial charge in [0.1, 0.15) is 11.4 Å². The number of rotatable bonds is 7. The van der Waals surface area contributed by atoms with E-state index >= 15 is 0 Å². The van der Waals surface area contributed by atoms with Gasteiger partial charge in [0.2, 0.25) is 0 Å². The summed E-state index contributed by atoms with van der Waals surface area (Å²) in [6.45, 7) is 8.57. The van der Waals surface area contributed by atoms with E-state index in [-0.39, 0.29) is 17.5 Å². The second kappa shape index (κ2) is 9.33. The predicted molar refractivity (Wildman–Crippen MR) is 132 cm³/mol. The Labute approximate surface area is 194 Å². The Hall–Kier alpha value is -3.86. The van der Waals surface area contributed by atoms with Gasteiger partial charge in [-0.15, -0.1) is 0 Å². The lowest BCUT2D eigenvalue weighted by atomic mass is 10.0. The van der Waals surface area contributed by atoms with E-state index in [1.807, 2.05) is 94.4 Å². The Morgan fingerprint density at radius 2 is 1.48 bits per heavy atom. The lowest BCUT2D eigenvalue weighted by molar-refractivity contribution is -0.120. The zero-order chi connectivity index (χ0) is 23.5. The lowest BCUT2D eigenvalue weighted by Gasteiger charge is -2.18. The van der Waals surface area contributed by atoms with Crippen molar-refractivity contribution in [2.24, 2.45) is 0 Å². The number of amides is 2. The molecule has 33 heavy (non-hydrogen) atoms. The van der Waals surface area contributed by atoms with Crippen LogP contribution in [0, 0.1) is 20.8 Å². The normalized spacial score (nSPS) is 13.6. The zero-order valence-electron chi connectivity index (χ0n) is 19.4. The SMILES string of the molecule is CCCOc1ccc(C2=C(Nc3ccc(C)cc3)C(=O)N(c3ccc(C)cc3C)C2=O)cc1. The van der Waals surface area contributed by atoms with E-state index in [9.17, 15) is 9.59 Å². The maximum atomic E-state index is 13.6. The van der Waals surface area contributed by atoms with Gasteiger partial charge in [-0.25, -0.2) is 4.90 Å². The number of carbonyl (C=O) groups excluding carboxylic acids is 2. The molecule has 4 rings (SSSR count). The molecule has 0 bridgehead atoms. The fraction of sp³-hybridized carbons (Fsp3) is 0.214. The van der Waals surface area contributed by atoms with Gasteiger partial charge in [-0.3, -0.25) is 9.59 Å². The van der Waals surface area contributed by atoms with Crippen molar-refractivity contribution in [3.8, 4) is 5.75 Å². The molecule has 3 aromatic rings. The van der Waals surface area contributed by atoms with Crippen LogP contribution in [0.3, 0.4) is 0 Å². The van der Waals surface area contributed by atoms with Gasteiger partial charge in [-0.05, 0) is 68.7 Å². The number of imide groups is 1. The van der Waals surface area contributed by atoms with E-state index in [0.717, 1.165) is 34.5 Å². The van der Waals surface area contributed by atoms with Crippen LogP contribution in [0.5, 0.6) is 5.75 Å². The number of nitrogens with zero attached hydrogens (tertiary/aromatic N) is 1. The third-order valence-corrected chi connectivity index (χ3v) is 5.61. The largest absolute Gasteiger partial charge is 0.494 e. The van der Waals surface area contributed by atoms with Crippen molar-refractivity contribution in [2.75, 3.05) is 16.8 Å². The zero-order valence-corrected chi connectivity index (χ0v) is 19.4. The number of nitrogens with one attached hydrogen (secondary N) is 1. The predicted octanol–water partition coefficient (Wildman–Crippen LogP) is 5.80. The van der Waals surface area contributed by atoms with Crippen LogP contribution in [0.2, 0.25) is 0 Å². The van der Waals surface area contributed by atoms with Gasteiger partial charge in [0.25, 0.3) is 11.8 Å². The van der Waals surface area contributed by atoms with Crippen molar-refractivity contribution < 1.29 is 14.3 Å². The molecule has 5 nitrogen and oxygen atoms in total. The monoisotopic (exact) mass is 440 g/mol. The maximum absolute atomic E-state index is 13.6. The molecule has 1 heterocycles. The molecular formula is C28H28N2O3. The molecule has 2 amide bonds. The van der Waals surface area contributed by atoms with Gasteiger partial charge < -0.3 is 10.1 Å². The van der Waals surface area contributed by atoms with Crippen LogP contribution in [-0.4, -0.2) is 18.4 Å². The van der Waals surface area contributed by atoms with E-state index < -0.39 is 0 Å². The van der Waals surface area contributed by atoms with E-state index in [4.69, 9.17) is 4.74 Å². The standard InChI is InChI=1S/C28H28N2O3/c1-5-16-33-23-13-9-21(10-14-23)25-26(29-22-11-6-18(2)7-12-22)28(32)30(27(25)31)24-15-8-19(3)17-20(24)4/h6-15,17,29H,5,16H2,1-4H3. The Morgan fingerprint density at radius 3 is 2.12 bits per heavy atom. The van der Waals surface area contributed by atoms with Crippen molar-refractivity contribution in [2.45, 2.75) is 34.1 Å². The molecule has 0 atom stereocenters. The molecule has 168 valence electrons. The first kappa shape index (κ1) is 22.3. The lowest BCUT2D eigenvalue weighted by Crippen LogP contribution is -2.33. The quantitative estimate of drug-likeness (QED) is 0.472. The summed E-state index contributed by atoms with van der Waals surface area (Å²) in [7, 11) is 0. The molecular weight excluding hydrogens is 412 g/mol. The first-order valence-corrected chi connectivity index (χ1v) is 11.2. The molecule has 0 aliphatic carbocycles. The van der Waals surface area contributed by atoms with Crippen molar-refractivity contribution in [1.29, 1.82) is 0 Å². The highest BCUT2D eigenvalue weighted by molar-refractivity contribution is 6.46. The molecule has 1 aliphatic heterocycles. The average Bonchev–Trinajstić information content (AvgIpc) is 3.04. The molecule has 0 saturated heterocycles. The van der Waals surface area contributed by atoms with Crippen LogP contribution in [0.4, 0.5) is 11.4 Å². The molecule has 5 heteroatoms. The van der Waals surface area contributed by atoms with Crippen molar-refractivity contribution >= 4 is 28.8 Å². The molecule has 3 aromatic carbocycles. The molecule has 1 N–H and O–H groups in total. The minimum atomic E-state index is -0.367. The van der Waals surface area contributed by atoms with Crippen LogP contribution in [0.25, 0.3) is 5.57 Å². The van der Waals surface area contributed by atoms with Crippen LogP contribution in [0.1, 0.15) is 35.6 Å². The summed E-state index contributed by atoms with van der Waals surface area (Å²) < 4.78 is 5.68. The highest BCUT2D eigenvalue weighted by Crippen LogP contribution is 2.35.